The molecule has 112 valence electrons. The molecule has 0 radical (unpaired) electrons. The maximum Gasteiger partial charge on any atom is 0.145 e. The second-order valence-corrected chi connectivity index (χ2v) is 5.83. The minimum absolute atomic E-state index is 0.0512. The van der Waals surface area contributed by atoms with Crippen LogP contribution in [0, 0.1) is 11.6 Å². The van der Waals surface area contributed by atoms with Crippen molar-refractivity contribution in [3.8, 4) is 0 Å². The number of rotatable bonds is 4. The number of aliphatic hydroxyl groups excluding tert-OH is 1. The average molecular weight is 377 g/mol. The first-order valence-electron chi connectivity index (χ1n) is 6.23. The van der Waals surface area contributed by atoms with Crippen LogP contribution in [0.1, 0.15) is 23.1 Å². The van der Waals surface area contributed by atoms with E-state index in [1.54, 1.807) is 12.1 Å². The lowest BCUT2D eigenvalue weighted by atomic mass is 9.88. The van der Waals surface area contributed by atoms with Gasteiger partial charge in [-0.3, -0.25) is 0 Å². The molecule has 0 heterocycles. The van der Waals surface area contributed by atoms with Crippen LogP contribution in [0.25, 0.3) is 0 Å². The zero-order valence-electron chi connectivity index (χ0n) is 10.9. The van der Waals surface area contributed by atoms with Crippen LogP contribution in [0.5, 0.6) is 0 Å². The molecule has 21 heavy (non-hydrogen) atoms. The number of nitrogens with two attached hydrogens (primary N) is 1. The van der Waals surface area contributed by atoms with Gasteiger partial charge in [-0.25, -0.2) is 8.78 Å². The van der Waals surface area contributed by atoms with Gasteiger partial charge >= 0.3 is 0 Å². The van der Waals surface area contributed by atoms with Crippen LogP contribution >= 0.6 is 27.5 Å². The Hall–Kier alpha value is -1.01. The molecule has 0 aliphatic heterocycles. The first-order chi connectivity index (χ1) is 9.97. The standard InChI is InChI=1S/C15H13BrClF2NO/c16-11-5-1-4-9(13(11)18)15(21)10(7-20)8-3-2-6-12(17)14(8)19/h1-6,10,15,21H,7,20H2. The highest BCUT2D eigenvalue weighted by Gasteiger charge is 2.27. The van der Waals surface area contributed by atoms with Crippen molar-refractivity contribution in [1.29, 1.82) is 0 Å². The van der Waals surface area contributed by atoms with Crippen molar-refractivity contribution in [3.63, 3.8) is 0 Å². The summed E-state index contributed by atoms with van der Waals surface area (Å²) >= 11 is 8.80. The molecule has 0 amide bonds. The number of halogens is 4. The van der Waals surface area contributed by atoms with Crippen LogP contribution in [-0.4, -0.2) is 11.7 Å². The summed E-state index contributed by atoms with van der Waals surface area (Å²) < 4.78 is 28.4. The number of aliphatic hydroxyl groups is 1. The molecule has 0 saturated heterocycles. The van der Waals surface area contributed by atoms with Crippen molar-refractivity contribution in [2.75, 3.05) is 6.54 Å². The maximum atomic E-state index is 14.1. The van der Waals surface area contributed by atoms with Gasteiger partial charge in [0, 0.05) is 18.0 Å². The van der Waals surface area contributed by atoms with Gasteiger partial charge in [-0.05, 0) is 33.6 Å². The Morgan fingerprint density at radius 2 is 1.71 bits per heavy atom. The highest BCUT2D eigenvalue weighted by molar-refractivity contribution is 9.10. The Morgan fingerprint density at radius 3 is 2.38 bits per heavy atom. The molecule has 0 spiro atoms. The topological polar surface area (TPSA) is 46.2 Å². The molecule has 2 aromatic rings. The summed E-state index contributed by atoms with van der Waals surface area (Å²) in [6.07, 6.45) is -1.28. The lowest BCUT2D eigenvalue weighted by Gasteiger charge is -2.23. The van der Waals surface area contributed by atoms with Crippen LogP contribution in [-0.2, 0) is 0 Å². The fourth-order valence-corrected chi connectivity index (χ4v) is 2.76. The summed E-state index contributed by atoms with van der Waals surface area (Å²) in [6, 6.07) is 9.00. The molecule has 2 rings (SSSR count). The van der Waals surface area contributed by atoms with Gasteiger partial charge in [0.1, 0.15) is 11.6 Å². The normalized spacial score (nSPS) is 14.0. The summed E-state index contributed by atoms with van der Waals surface area (Å²) in [5, 5.41) is 10.3. The molecule has 3 N–H and O–H groups in total. The van der Waals surface area contributed by atoms with Crippen LogP contribution in [0.4, 0.5) is 8.78 Å². The lowest BCUT2D eigenvalue weighted by Crippen LogP contribution is -2.22. The molecule has 0 fully saturated rings. The SMILES string of the molecule is NCC(c1cccc(Cl)c1F)C(O)c1cccc(Br)c1F. The molecule has 2 nitrogen and oxygen atoms in total. The summed E-state index contributed by atoms with van der Waals surface area (Å²) in [7, 11) is 0. The summed E-state index contributed by atoms with van der Waals surface area (Å²) in [5.41, 5.74) is 5.86. The average Bonchev–Trinajstić information content (AvgIpc) is 2.47. The lowest BCUT2D eigenvalue weighted by molar-refractivity contribution is 0.141. The molecular formula is C15H13BrClF2NO. The van der Waals surface area contributed by atoms with Gasteiger partial charge in [0.25, 0.3) is 0 Å². The number of benzene rings is 2. The second-order valence-electron chi connectivity index (χ2n) is 4.57. The monoisotopic (exact) mass is 375 g/mol. The van der Waals surface area contributed by atoms with Crippen LogP contribution in [0.15, 0.2) is 40.9 Å². The van der Waals surface area contributed by atoms with E-state index in [1.165, 1.54) is 24.3 Å². The van der Waals surface area contributed by atoms with Crippen molar-refractivity contribution in [3.05, 3.63) is 68.7 Å². The second kappa shape index (κ2) is 6.83. The minimum Gasteiger partial charge on any atom is -0.388 e. The Balaban J connectivity index is 2.46. The van der Waals surface area contributed by atoms with Gasteiger partial charge in [-0.15, -0.1) is 0 Å². The molecule has 2 aromatic carbocycles. The van der Waals surface area contributed by atoms with Crippen LogP contribution < -0.4 is 5.73 Å². The number of hydrogen-bond acceptors (Lipinski definition) is 2. The Bertz CT molecular complexity index is 654. The fraction of sp³-hybridized carbons (Fsp3) is 0.200. The van der Waals surface area contributed by atoms with Gasteiger partial charge in [0.2, 0.25) is 0 Å². The fourth-order valence-electron chi connectivity index (χ4n) is 2.20. The highest BCUT2D eigenvalue weighted by atomic mass is 79.9. The highest BCUT2D eigenvalue weighted by Crippen LogP contribution is 2.35. The molecule has 6 heteroatoms. The van der Waals surface area contributed by atoms with E-state index >= 15 is 0 Å². The molecule has 2 atom stereocenters. The van der Waals surface area contributed by atoms with Gasteiger partial charge in [-0.2, -0.15) is 0 Å². The Labute approximate surface area is 134 Å². The molecule has 2 unspecified atom stereocenters. The molecule has 0 saturated carbocycles. The van der Waals surface area contributed by atoms with E-state index < -0.39 is 23.7 Å². The van der Waals surface area contributed by atoms with E-state index in [4.69, 9.17) is 17.3 Å². The third kappa shape index (κ3) is 3.26. The molecular weight excluding hydrogens is 364 g/mol. The van der Waals surface area contributed by atoms with Crippen molar-refractivity contribution < 1.29 is 13.9 Å². The zero-order chi connectivity index (χ0) is 15.6. The van der Waals surface area contributed by atoms with Crippen molar-refractivity contribution in [1.82, 2.24) is 0 Å². The quantitative estimate of drug-likeness (QED) is 0.842. The van der Waals surface area contributed by atoms with E-state index in [9.17, 15) is 13.9 Å². The van der Waals surface area contributed by atoms with E-state index in [0.717, 1.165) is 0 Å². The predicted molar refractivity (Wildman–Crippen MR) is 82.3 cm³/mol. The molecule has 0 aromatic heterocycles. The van der Waals surface area contributed by atoms with E-state index in [1.807, 2.05) is 0 Å². The minimum atomic E-state index is -1.28. The van der Waals surface area contributed by atoms with Crippen molar-refractivity contribution in [2.24, 2.45) is 5.73 Å². The Morgan fingerprint density at radius 1 is 1.10 bits per heavy atom. The third-order valence-corrected chi connectivity index (χ3v) is 4.22. The van der Waals surface area contributed by atoms with E-state index in [-0.39, 0.29) is 27.2 Å². The number of hydrogen-bond donors (Lipinski definition) is 2. The first-order valence-corrected chi connectivity index (χ1v) is 7.40. The summed E-state index contributed by atoms with van der Waals surface area (Å²) in [5.74, 6) is -2.04. The molecule has 0 aliphatic carbocycles. The van der Waals surface area contributed by atoms with Gasteiger partial charge in [0.05, 0.1) is 15.6 Å². The summed E-state index contributed by atoms with van der Waals surface area (Å²) in [4.78, 5) is 0. The largest absolute Gasteiger partial charge is 0.388 e. The van der Waals surface area contributed by atoms with E-state index in [2.05, 4.69) is 15.9 Å². The first kappa shape index (κ1) is 16.4. The maximum absolute atomic E-state index is 14.1. The third-order valence-electron chi connectivity index (χ3n) is 3.32. The smallest absolute Gasteiger partial charge is 0.145 e. The van der Waals surface area contributed by atoms with Crippen LogP contribution in [0.3, 0.4) is 0 Å². The van der Waals surface area contributed by atoms with Gasteiger partial charge in [-0.1, -0.05) is 35.9 Å². The van der Waals surface area contributed by atoms with Crippen LogP contribution in [0.2, 0.25) is 5.02 Å². The van der Waals surface area contributed by atoms with Gasteiger partial charge in [0.15, 0.2) is 0 Å². The summed E-state index contributed by atoms with van der Waals surface area (Å²) in [6.45, 7) is -0.0512. The zero-order valence-corrected chi connectivity index (χ0v) is 13.2. The van der Waals surface area contributed by atoms with E-state index in [0.29, 0.717) is 0 Å². The molecule has 0 aliphatic rings. The van der Waals surface area contributed by atoms with Gasteiger partial charge < -0.3 is 10.8 Å². The molecule has 0 bridgehead atoms. The van der Waals surface area contributed by atoms with Crippen molar-refractivity contribution in [2.45, 2.75) is 12.0 Å². The Kier molecular flexibility index (Phi) is 5.32. The van der Waals surface area contributed by atoms with Crippen molar-refractivity contribution >= 4 is 27.5 Å². The predicted octanol–water partition coefficient (Wildman–Crippen LogP) is 4.16.